The van der Waals surface area contributed by atoms with Crippen LogP contribution in [0.4, 0.5) is 0 Å². The fourth-order valence-electron chi connectivity index (χ4n) is 2.51. The molecule has 0 saturated carbocycles. The SMILES string of the molecule is CC1CC(C(=O)N(CCCN)Cc2cccnc2)CO1. The van der Waals surface area contributed by atoms with E-state index in [0.717, 1.165) is 18.4 Å². The summed E-state index contributed by atoms with van der Waals surface area (Å²) in [6.07, 6.45) is 5.34. The molecule has 1 amide bonds. The monoisotopic (exact) mass is 277 g/mol. The van der Waals surface area contributed by atoms with Gasteiger partial charge in [-0.2, -0.15) is 0 Å². The second-order valence-electron chi connectivity index (χ2n) is 5.34. The number of ether oxygens (including phenoxy) is 1. The van der Waals surface area contributed by atoms with E-state index in [2.05, 4.69) is 4.98 Å². The van der Waals surface area contributed by atoms with Gasteiger partial charge < -0.3 is 15.4 Å². The summed E-state index contributed by atoms with van der Waals surface area (Å²) in [6.45, 7) is 4.42. The summed E-state index contributed by atoms with van der Waals surface area (Å²) in [7, 11) is 0. The maximum Gasteiger partial charge on any atom is 0.228 e. The van der Waals surface area contributed by atoms with Crippen LogP contribution in [-0.4, -0.2) is 41.6 Å². The number of carbonyl (C=O) groups excluding carboxylic acids is 1. The van der Waals surface area contributed by atoms with Gasteiger partial charge in [0.25, 0.3) is 0 Å². The second kappa shape index (κ2) is 7.36. The predicted molar refractivity (Wildman–Crippen MR) is 76.8 cm³/mol. The number of pyridine rings is 1. The lowest BCUT2D eigenvalue weighted by atomic mass is 10.0. The van der Waals surface area contributed by atoms with E-state index in [9.17, 15) is 4.79 Å². The van der Waals surface area contributed by atoms with E-state index >= 15 is 0 Å². The summed E-state index contributed by atoms with van der Waals surface area (Å²) in [5.74, 6) is 0.158. The first kappa shape index (κ1) is 14.9. The Balaban J connectivity index is 2.00. The smallest absolute Gasteiger partial charge is 0.228 e. The fourth-order valence-corrected chi connectivity index (χ4v) is 2.51. The zero-order chi connectivity index (χ0) is 14.4. The lowest BCUT2D eigenvalue weighted by Crippen LogP contribution is -2.37. The number of hydrogen-bond donors (Lipinski definition) is 1. The quantitative estimate of drug-likeness (QED) is 0.848. The highest BCUT2D eigenvalue weighted by Crippen LogP contribution is 2.22. The second-order valence-corrected chi connectivity index (χ2v) is 5.34. The Hall–Kier alpha value is -1.46. The molecular weight excluding hydrogens is 254 g/mol. The van der Waals surface area contributed by atoms with Gasteiger partial charge in [-0.05, 0) is 37.9 Å². The van der Waals surface area contributed by atoms with Gasteiger partial charge in [0.1, 0.15) is 0 Å². The molecule has 1 aromatic rings. The first-order valence-corrected chi connectivity index (χ1v) is 7.20. The fraction of sp³-hybridized carbons (Fsp3) is 0.600. The van der Waals surface area contributed by atoms with Gasteiger partial charge in [-0.15, -0.1) is 0 Å². The van der Waals surface area contributed by atoms with Crippen LogP contribution in [0.2, 0.25) is 0 Å². The largest absolute Gasteiger partial charge is 0.378 e. The normalized spacial score (nSPS) is 21.9. The molecule has 2 rings (SSSR count). The van der Waals surface area contributed by atoms with Crippen molar-refractivity contribution in [2.24, 2.45) is 11.7 Å². The number of nitrogens with zero attached hydrogens (tertiary/aromatic N) is 2. The van der Waals surface area contributed by atoms with Crippen LogP contribution in [0.5, 0.6) is 0 Å². The number of hydrogen-bond acceptors (Lipinski definition) is 4. The van der Waals surface area contributed by atoms with Crippen LogP contribution < -0.4 is 5.73 Å². The van der Waals surface area contributed by atoms with Crippen LogP contribution in [0.25, 0.3) is 0 Å². The third-order valence-corrected chi connectivity index (χ3v) is 3.59. The minimum absolute atomic E-state index is 0.0144. The Labute approximate surface area is 120 Å². The summed E-state index contributed by atoms with van der Waals surface area (Å²) in [6, 6.07) is 3.88. The van der Waals surface area contributed by atoms with Crippen LogP contribution >= 0.6 is 0 Å². The molecule has 0 bridgehead atoms. The molecule has 1 aliphatic rings. The van der Waals surface area contributed by atoms with Crippen molar-refractivity contribution in [2.45, 2.75) is 32.4 Å². The third kappa shape index (κ3) is 4.02. The molecular formula is C15H23N3O2. The average Bonchev–Trinajstić information content (AvgIpc) is 2.90. The van der Waals surface area contributed by atoms with Crippen molar-refractivity contribution in [2.75, 3.05) is 19.7 Å². The van der Waals surface area contributed by atoms with Crippen molar-refractivity contribution in [3.8, 4) is 0 Å². The molecule has 1 saturated heterocycles. The lowest BCUT2D eigenvalue weighted by Gasteiger charge is -2.25. The van der Waals surface area contributed by atoms with Crippen molar-refractivity contribution in [1.82, 2.24) is 9.88 Å². The zero-order valence-corrected chi connectivity index (χ0v) is 12.0. The van der Waals surface area contributed by atoms with Crippen molar-refractivity contribution >= 4 is 5.91 Å². The lowest BCUT2D eigenvalue weighted by molar-refractivity contribution is -0.136. The Kier molecular flexibility index (Phi) is 5.49. The van der Waals surface area contributed by atoms with Crippen molar-refractivity contribution in [3.63, 3.8) is 0 Å². The van der Waals surface area contributed by atoms with E-state index in [1.165, 1.54) is 0 Å². The van der Waals surface area contributed by atoms with Crippen LogP contribution in [0, 0.1) is 5.92 Å². The minimum atomic E-state index is -0.0144. The number of amides is 1. The molecule has 0 aromatic carbocycles. The van der Waals surface area contributed by atoms with Crippen molar-refractivity contribution in [1.29, 1.82) is 0 Å². The molecule has 5 heteroatoms. The topological polar surface area (TPSA) is 68.5 Å². The first-order chi connectivity index (χ1) is 9.70. The highest BCUT2D eigenvalue weighted by atomic mass is 16.5. The van der Waals surface area contributed by atoms with Crippen LogP contribution in [-0.2, 0) is 16.1 Å². The van der Waals surface area contributed by atoms with Gasteiger partial charge in [0.15, 0.2) is 0 Å². The van der Waals surface area contributed by atoms with E-state index in [0.29, 0.717) is 26.2 Å². The maximum atomic E-state index is 12.6. The molecule has 1 aliphatic heterocycles. The maximum absolute atomic E-state index is 12.6. The van der Waals surface area contributed by atoms with Gasteiger partial charge in [0, 0.05) is 25.5 Å². The molecule has 2 unspecified atom stereocenters. The van der Waals surface area contributed by atoms with Crippen molar-refractivity contribution < 1.29 is 9.53 Å². The molecule has 2 atom stereocenters. The summed E-state index contributed by atoms with van der Waals surface area (Å²) in [5.41, 5.74) is 6.62. The summed E-state index contributed by atoms with van der Waals surface area (Å²) >= 11 is 0. The van der Waals surface area contributed by atoms with Crippen LogP contribution in [0.15, 0.2) is 24.5 Å². The Bertz CT molecular complexity index is 424. The number of carbonyl (C=O) groups is 1. The summed E-state index contributed by atoms with van der Waals surface area (Å²) < 4.78 is 5.51. The zero-order valence-electron chi connectivity index (χ0n) is 12.0. The van der Waals surface area contributed by atoms with E-state index in [1.807, 2.05) is 24.0 Å². The molecule has 0 spiro atoms. The number of rotatable bonds is 6. The third-order valence-electron chi connectivity index (χ3n) is 3.59. The molecule has 0 radical (unpaired) electrons. The summed E-state index contributed by atoms with van der Waals surface area (Å²) in [5, 5.41) is 0. The Morgan fingerprint density at radius 1 is 1.60 bits per heavy atom. The van der Waals surface area contributed by atoms with Gasteiger partial charge in [0.2, 0.25) is 5.91 Å². The molecule has 20 heavy (non-hydrogen) atoms. The van der Waals surface area contributed by atoms with E-state index < -0.39 is 0 Å². The summed E-state index contributed by atoms with van der Waals surface area (Å²) in [4.78, 5) is 18.6. The van der Waals surface area contributed by atoms with Gasteiger partial charge >= 0.3 is 0 Å². The van der Waals surface area contributed by atoms with Gasteiger partial charge in [-0.1, -0.05) is 6.07 Å². The number of aromatic nitrogens is 1. The molecule has 2 N–H and O–H groups in total. The molecule has 1 fully saturated rings. The molecule has 110 valence electrons. The number of nitrogens with two attached hydrogens (primary N) is 1. The Morgan fingerprint density at radius 2 is 2.45 bits per heavy atom. The van der Waals surface area contributed by atoms with Gasteiger partial charge in [0.05, 0.1) is 18.6 Å². The highest BCUT2D eigenvalue weighted by Gasteiger charge is 2.31. The Morgan fingerprint density at radius 3 is 3.05 bits per heavy atom. The van der Waals surface area contributed by atoms with Gasteiger partial charge in [-0.25, -0.2) is 0 Å². The predicted octanol–water partition coefficient (Wildman–Crippen LogP) is 1.18. The van der Waals surface area contributed by atoms with E-state index in [1.54, 1.807) is 12.4 Å². The molecule has 2 heterocycles. The van der Waals surface area contributed by atoms with Gasteiger partial charge in [-0.3, -0.25) is 9.78 Å². The minimum Gasteiger partial charge on any atom is -0.378 e. The average molecular weight is 277 g/mol. The van der Waals surface area contributed by atoms with Crippen molar-refractivity contribution in [3.05, 3.63) is 30.1 Å². The van der Waals surface area contributed by atoms with E-state index in [4.69, 9.17) is 10.5 Å². The molecule has 0 aliphatic carbocycles. The van der Waals surface area contributed by atoms with Crippen LogP contribution in [0.3, 0.4) is 0 Å². The molecule has 1 aromatic heterocycles. The highest BCUT2D eigenvalue weighted by molar-refractivity contribution is 5.79. The molecule has 5 nitrogen and oxygen atoms in total. The van der Waals surface area contributed by atoms with E-state index in [-0.39, 0.29) is 17.9 Å². The first-order valence-electron chi connectivity index (χ1n) is 7.20. The van der Waals surface area contributed by atoms with Crippen LogP contribution in [0.1, 0.15) is 25.3 Å². The standard InChI is InChI=1S/C15H23N3O2/c1-12-8-14(11-20-12)15(19)18(7-3-5-16)10-13-4-2-6-17-9-13/h2,4,6,9,12,14H,3,5,7-8,10-11,16H2,1H3.